The summed E-state index contributed by atoms with van der Waals surface area (Å²) < 4.78 is 15.8. The third-order valence-corrected chi connectivity index (χ3v) is 2.45. The molecule has 0 aliphatic heterocycles. The molecule has 0 unspecified atom stereocenters. The van der Waals surface area contributed by atoms with E-state index in [0.29, 0.717) is 16.7 Å². The Hall–Kier alpha value is -0.800. The van der Waals surface area contributed by atoms with Crippen LogP contribution in [0.1, 0.15) is 19.8 Å². The molecule has 0 amide bonds. The van der Waals surface area contributed by atoms with Gasteiger partial charge in [0.15, 0.2) is 6.67 Å². The zero-order chi connectivity index (χ0) is 13.1. The molecule has 1 rings (SSSR count). The van der Waals surface area contributed by atoms with E-state index in [9.17, 15) is 9.18 Å². The first kappa shape index (κ1) is 16.2. The summed E-state index contributed by atoms with van der Waals surface area (Å²) in [6, 6.07) is 7.19. The van der Waals surface area contributed by atoms with Crippen molar-refractivity contribution in [1.82, 2.24) is 0 Å². The molecule has 17 heavy (non-hydrogen) atoms. The van der Waals surface area contributed by atoms with Crippen molar-refractivity contribution in [3.8, 4) is 0 Å². The first-order valence-electron chi connectivity index (χ1n) is 5.23. The van der Waals surface area contributed by atoms with Crippen LogP contribution in [0.2, 0.25) is 10.0 Å². The molecule has 0 bridgehead atoms. The Morgan fingerprint density at radius 2 is 1.82 bits per heavy atom. The highest BCUT2D eigenvalue weighted by atomic mass is 35.5. The van der Waals surface area contributed by atoms with Crippen LogP contribution in [0.5, 0.6) is 0 Å². The van der Waals surface area contributed by atoms with E-state index in [4.69, 9.17) is 23.2 Å². The summed E-state index contributed by atoms with van der Waals surface area (Å²) in [5, 5.41) is 1.21. The van der Waals surface area contributed by atoms with Crippen molar-refractivity contribution in [2.24, 2.45) is 0 Å². The molecule has 0 atom stereocenters. The number of hydrogen-bond donors (Lipinski definition) is 0. The number of hydrogen-bond acceptors (Lipinski definition) is 2. The number of esters is 1. The lowest BCUT2D eigenvalue weighted by Crippen LogP contribution is -2.06. The summed E-state index contributed by atoms with van der Waals surface area (Å²) in [6.45, 7) is 1.31. The Bertz CT molecular complexity index is 311. The van der Waals surface area contributed by atoms with Crippen molar-refractivity contribution in [2.45, 2.75) is 19.8 Å². The third kappa shape index (κ3) is 8.95. The Labute approximate surface area is 111 Å². The van der Waals surface area contributed by atoms with Crippen LogP contribution < -0.4 is 0 Å². The van der Waals surface area contributed by atoms with Gasteiger partial charge in [-0.2, -0.15) is 0 Å². The fraction of sp³-hybridized carbons (Fsp3) is 0.417. The molecule has 0 saturated carbocycles. The van der Waals surface area contributed by atoms with Crippen LogP contribution in [0.3, 0.4) is 0 Å². The minimum Gasteiger partial charge on any atom is -0.464 e. The van der Waals surface area contributed by atoms with Crippen molar-refractivity contribution in [3.63, 3.8) is 0 Å². The molecule has 0 aliphatic carbocycles. The van der Waals surface area contributed by atoms with Crippen molar-refractivity contribution in [1.29, 1.82) is 0 Å². The topological polar surface area (TPSA) is 26.3 Å². The molecule has 0 aliphatic rings. The number of carbonyl (C=O) groups is 1. The first-order valence-corrected chi connectivity index (χ1v) is 5.99. The molecular formula is C12H15Cl2FO2. The Kier molecular flexibility index (Phi) is 9.87. The highest BCUT2D eigenvalue weighted by molar-refractivity contribution is 6.41. The average molecular weight is 281 g/mol. The second kappa shape index (κ2) is 10.4. The smallest absolute Gasteiger partial charge is 0.337 e. The second-order valence-corrected chi connectivity index (χ2v) is 3.94. The van der Waals surface area contributed by atoms with Gasteiger partial charge in [-0.25, -0.2) is 9.18 Å². The molecule has 0 saturated heterocycles. The van der Waals surface area contributed by atoms with Gasteiger partial charge < -0.3 is 4.74 Å². The van der Waals surface area contributed by atoms with Crippen molar-refractivity contribution >= 4 is 29.2 Å². The number of halogens is 3. The molecular weight excluding hydrogens is 266 g/mol. The summed E-state index contributed by atoms with van der Waals surface area (Å²) >= 11 is 11.2. The predicted octanol–water partition coefficient (Wildman–Crippen LogP) is 4.29. The van der Waals surface area contributed by atoms with Gasteiger partial charge in [0.2, 0.25) is 0 Å². The maximum Gasteiger partial charge on any atom is 0.337 e. The van der Waals surface area contributed by atoms with Gasteiger partial charge in [-0.1, -0.05) is 48.7 Å². The molecule has 1 aromatic carbocycles. The number of alkyl halides is 1. The molecule has 0 heterocycles. The van der Waals surface area contributed by atoms with Gasteiger partial charge in [0, 0.05) is 0 Å². The number of rotatable bonds is 4. The fourth-order valence-corrected chi connectivity index (χ4v) is 1.08. The van der Waals surface area contributed by atoms with E-state index in [1.807, 2.05) is 19.1 Å². The van der Waals surface area contributed by atoms with E-state index in [1.165, 1.54) is 0 Å². The van der Waals surface area contributed by atoms with Gasteiger partial charge in [-0.3, -0.25) is 0 Å². The van der Waals surface area contributed by atoms with Gasteiger partial charge >= 0.3 is 5.97 Å². The van der Waals surface area contributed by atoms with E-state index in [-0.39, 0.29) is 0 Å². The summed E-state index contributed by atoms with van der Waals surface area (Å²) in [7, 11) is 0. The number of unbranched alkanes of at least 4 members (excludes halogenated alkanes) is 1. The van der Waals surface area contributed by atoms with Crippen LogP contribution in [-0.4, -0.2) is 19.3 Å². The molecule has 0 aromatic heterocycles. The lowest BCUT2D eigenvalue weighted by molar-refractivity contribution is -0.144. The zero-order valence-electron chi connectivity index (χ0n) is 9.59. The molecule has 0 fully saturated rings. The van der Waals surface area contributed by atoms with Gasteiger partial charge in [0.25, 0.3) is 0 Å². The normalized spacial score (nSPS) is 9.18. The summed E-state index contributed by atoms with van der Waals surface area (Å²) in [4.78, 5) is 10.1. The maximum absolute atomic E-state index is 11.3. The number of carbonyl (C=O) groups excluding carboxylic acids is 1. The highest BCUT2D eigenvalue weighted by Gasteiger charge is 1.97. The number of ether oxygens (including phenoxy) is 1. The highest BCUT2D eigenvalue weighted by Crippen LogP contribution is 2.19. The molecule has 1 aromatic rings. The van der Waals surface area contributed by atoms with E-state index in [1.54, 1.807) is 12.1 Å². The van der Waals surface area contributed by atoms with Crippen LogP contribution in [0.4, 0.5) is 4.39 Å². The Morgan fingerprint density at radius 3 is 2.18 bits per heavy atom. The van der Waals surface area contributed by atoms with Crippen LogP contribution >= 0.6 is 23.2 Å². The van der Waals surface area contributed by atoms with Gasteiger partial charge in [-0.15, -0.1) is 0 Å². The molecule has 5 heteroatoms. The zero-order valence-corrected chi connectivity index (χ0v) is 11.1. The van der Waals surface area contributed by atoms with Crippen LogP contribution in [0.15, 0.2) is 24.3 Å². The maximum atomic E-state index is 11.3. The van der Waals surface area contributed by atoms with Crippen molar-refractivity contribution in [3.05, 3.63) is 34.3 Å². The summed E-state index contributed by atoms with van der Waals surface area (Å²) in [5.41, 5.74) is 0. The third-order valence-electron chi connectivity index (χ3n) is 1.69. The molecule has 2 nitrogen and oxygen atoms in total. The SMILES string of the molecule is CCCCOC(=O)CF.Clc1ccccc1Cl. The largest absolute Gasteiger partial charge is 0.464 e. The molecule has 96 valence electrons. The van der Waals surface area contributed by atoms with Crippen molar-refractivity contribution in [2.75, 3.05) is 13.3 Å². The molecule has 0 N–H and O–H groups in total. The summed E-state index contributed by atoms with van der Waals surface area (Å²) in [5.74, 6) is -0.761. The van der Waals surface area contributed by atoms with Crippen LogP contribution in [0, 0.1) is 0 Å². The first-order chi connectivity index (χ1) is 8.11. The second-order valence-electron chi connectivity index (χ2n) is 3.12. The van der Waals surface area contributed by atoms with E-state index in [0.717, 1.165) is 12.8 Å². The van der Waals surface area contributed by atoms with E-state index in [2.05, 4.69) is 4.74 Å². The Balaban J connectivity index is 0.000000302. The Morgan fingerprint density at radius 1 is 1.29 bits per heavy atom. The van der Waals surface area contributed by atoms with Crippen LogP contribution in [0.25, 0.3) is 0 Å². The van der Waals surface area contributed by atoms with Gasteiger partial charge in [-0.05, 0) is 18.6 Å². The minimum absolute atomic E-state index is 0.346. The van der Waals surface area contributed by atoms with Crippen molar-refractivity contribution < 1.29 is 13.9 Å². The van der Waals surface area contributed by atoms with E-state index < -0.39 is 12.6 Å². The lowest BCUT2D eigenvalue weighted by Gasteiger charge is -1.97. The standard InChI is InChI=1S/C6H4Cl2.C6H11FO2/c7-5-3-1-2-4-6(5)8;1-2-3-4-9-6(8)5-7/h1-4H;2-5H2,1H3. The molecule has 0 spiro atoms. The van der Waals surface area contributed by atoms with Gasteiger partial charge in [0.1, 0.15) is 0 Å². The van der Waals surface area contributed by atoms with E-state index >= 15 is 0 Å². The quantitative estimate of drug-likeness (QED) is 0.607. The van der Waals surface area contributed by atoms with Crippen LogP contribution in [-0.2, 0) is 9.53 Å². The lowest BCUT2D eigenvalue weighted by atomic mass is 10.4. The molecule has 0 radical (unpaired) electrons. The fourth-order valence-electron chi connectivity index (χ4n) is 0.808. The monoisotopic (exact) mass is 280 g/mol. The van der Waals surface area contributed by atoms with Gasteiger partial charge in [0.05, 0.1) is 16.7 Å². The minimum atomic E-state index is -1.01. The average Bonchev–Trinajstić information content (AvgIpc) is 2.34. The summed E-state index contributed by atoms with van der Waals surface area (Å²) in [6.07, 6.45) is 1.77. The predicted molar refractivity (Wildman–Crippen MR) is 68.3 cm³/mol. The number of benzene rings is 1.